The molecule has 1 aliphatic carbocycles. The van der Waals surface area contributed by atoms with E-state index < -0.39 is 32.1 Å². The van der Waals surface area contributed by atoms with Crippen molar-refractivity contribution in [2.75, 3.05) is 5.75 Å². The number of hydrogen-bond donors (Lipinski definition) is 0. The molecule has 1 aliphatic rings. The number of rotatable bonds is 4. The van der Waals surface area contributed by atoms with Gasteiger partial charge in [0, 0.05) is 12.0 Å². The van der Waals surface area contributed by atoms with Crippen LogP contribution in [-0.4, -0.2) is 20.0 Å². The number of hydrogen-bond acceptors (Lipinski definition) is 3. The normalized spacial score (nSPS) is 16.7. The number of sulfone groups is 1. The minimum Gasteiger partial charge on any atom is -0.298 e. The van der Waals surface area contributed by atoms with Crippen LogP contribution in [0, 0.1) is 17.6 Å². The summed E-state index contributed by atoms with van der Waals surface area (Å²) in [6.07, 6.45) is 3.23. The third kappa shape index (κ3) is 3.18. The van der Waals surface area contributed by atoms with Crippen LogP contribution in [0.4, 0.5) is 8.78 Å². The Kier molecular flexibility index (Phi) is 3.99. The Balaban J connectivity index is 2.20. The first kappa shape index (κ1) is 14.1. The summed E-state index contributed by atoms with van der Waals surface area (Å²) in [5.74, 6) is -3.32. The van der Waals surface area contributed by atoms with Gasteiger partial charge in [-0.1, -0.05) is 12.8 Å². The number of ketones is 1. The first-order valence-electron chi connectivity index (χ1n) is 6.10. The molecule has 0 heterocycles. The third-order valence-electron chi connectivity index (χ3n) is 3.37. The lowest BCUT2D eigenvalue weighted by atomic mass is 10.0. The quantitative estimate of drug-likeness (QED) is 0.800. The number of carbonyl (C=O) groups excluding carboxylic acids is 1. The largest absolute Gasteiger partial charge is 0.298 e. The highest BCUT2D eigenvalue weighted by Gasteiger charge is 2.29. The van der Waals surface area contributed by atoms with E-state index in [1.54, 1.807) is 0 Å². The van der Waals surface area contributed by atoms with Crippen molar-refractivity contribution >= 4 is 15.6 Å². The van der Waals surface area contributed by atoms with E-state index in [-0.39, 0.29) is 11.7 Å². The average Bonchev–Trinajstić information content (AvgIpc) is 2.80. The van der Waals surface area contributed by atoms with Crippen LogP contribution < -0.4 is 0 Å². The van der Waals surface area contributed by atoms with E-state index in [1.165, 1.54) is 0 Å². The summed E-state index contributed by atoms with van der Waals surface area (Å²) in [5, 5.41) is 0. The Hall–Kier alpha value is -1.30. The molecular weight excluding hydrogens is 274 g/mol. The summed E-state index contributed by atoms with van der Waals surface area (Å²) in [5.41, 5.74) is 0. The predicted molar refractivity (Wildman–Crippen MR) is 65.4 cm³/mol. The molecule has 0 aromatic heterocycles. The second kappa shape index (κ2) is 5.36. The van der Waals surface area contributed by atoms with Gasteiger partial charge in [-0.25, -0.2) is 17.2 Å². The number of carbonyl (C=O) groups is 1. The highest BCUT2D eigenvalue weighted by Crippen LogP contribution is 2.27. The molecule has 0 amide bonds. The predicted octanol–water partition coefficient (Wildman–Crippen LogP) is 2.50. The standard InChI is InChI=1S/C13H14F2O3S/c14-10-5-6-13(11(15)7-10)19(17,18)8-12(16)9-3-1-2-4-9/h5-7,9H,1-4,8H2. The van der Waals surface area contributed by atoms with Crippen molar-refractivity contribution < 1.29 is 22.0 Å². The van der Waals surface area contributed by atoms with Gasteiger partial charge in [0.1, 0.15) is 22.3 Å². The topological polar surface area (TPSA) is 51.2 Å². The summed E-state index contributed by atoms with van der Waals surface area (Å²) in [6.45, 7) is 0. The van der Waals surface area contributed by atoms with Crippen LogP contribution in [0.3, 0.4) is 0 Å². The molecule has 0 saturated heterocycles. The van der Waals surface area contributed by atoms with Crippen molar-refractivity contribution in [1.82, 2.24) is 0 Å². The van der Waals surface area contributed by atoms with Gasteiger partial charge in [0.2, 0.25) is 0 Å². The Labute approximate surface area is 110 Å². The van der Waals surface area contributed by atoms with E-state index in [4.69, 9.17) is 0 Å². The van der Waals surface area contributed by atoms with Crippen molar-refractivity contribution in [2.24, 2.45) is 5.92 Å². The lowest BCUT2D eigenvalue weighted by Gasteiger charge is -2.09. The molecule has 1 saturated carbocycles. The van der Waals surface area contributed by atoms with E-state index >= 15 is 0 Å². The summed E-state index contributed by atoms with van der Waals surface area (Å²) in [4.78, 5) is 11.2. The van der Waals surface area contributed by atoms with Crippen molar-refractivity contribution in [3.05, 3.63) is 29.8 Å². The van der Waals surface area contributed by atoms with Crippen LogP contribution in [-0.2, 0) is 14.6 Å². The maximum Gasteiger partial charge on any atom is 0.188 e. The van der Waals surface area contributed by atoms with E-state index in [2.05, 4.69) is 0 Å². The molecule has 0 aliphatic heterocycles. The molecular formula is C13H14F2O3S. The zero-order valence-electron chi connectivity index (χ0n) is 10.2. The Morgan fingerprint density at radius 1 is 1.21 bits per heavy atom. The molecule has 0 bridgehead atoms. The van der Waals surface area contributed by atoms with Gasteiger partial charge in [-0.15, -0.1) is 0 Å². The minimum atomic E-state index is -4.04. The molecule has 2 rings (SSSR count). The second-order valence-corrected chi connectivity index (χ2v) is 6.74. The summed E-state index contributed by atoms with van der Waals surface area (Å²) in [7, 11) is -4.04. The van der Waals surface area contributed by atoms with E-state index in [9.17, 15) is 22.0 Å². The van der Waals surface area contributed by atoms with Crippen molar-refractivity contribution in [3.63, 3.8) is 0 Å². The minimum absolute atomic E-state index is 0.238. The SMILES string of the molecule is O=C(CS(=O)(=O)c1ccc(F)cc1F)C1CCCC1. The van der Waals surface area contributed by atoms with Crippen LogP contribution in [0.5, 0.6) is 0 Å². The third-order valence-corrected chi connectivity index (χ3v) is 5.04. The average molecular weight is 288 g/mol. The molecule has 19 heavy (non-hydrogen) atoms. The van der Waals surface area contributed by atoms with Gasteiger partial charge >= 0.3 is 0 Å². The van der Waals surface area contributed by atoms with E-state index in [0.717, 1.165) is 25.0 Å². The Morgan fingerprint density at radius 2 is 1.84 bits per heavy atom. The fraction of sp³-hybridized carbons (Fsp3) is 0.462. The van der Waals surface area contributed by atoms with Crippen molar-refractivity contribution in [2.45, 2.75) is 30.6 Å². The molecule has 0 radical (unpaired) electrons. The summed E-state index contributed by atoms with van der Waals surface area (Å²) in [6, 6.07) is 2.24. The van der Waals surface area contributed by atoms with Crippen molar-refractivity contribution in [3.8, 4) is 0 Å². The van der Waals surface area contributed by atoms with Crippen molar-refractivity contribution in [1.29, 1.82) is 0 Å². The molecule has 0 spiro atoms. The highest BCUT2D eigenvalue weighted by atomic mass is 32.2. The maximum absolute atomic E-state index is 13.4. The number of benzene rings is 1. The smallest absolute Gasteiger partial charge is 0.188 e. The first-order chi connectivity index (χ1) is 8.90. The second-order valence-electron chi connectivity index (χ2n) is 4.78. The summed E-state index contributed by atoms with van der Waals surface area (Å²) >= 11 is 0. The van der Waals surface area contributed by atoms with Gasteiger partial charge in [0.15, 0.2) is 15.6 Å². The summed E-state index contributed by atoms with van der Waals surface area (Å²) < 4.78 is 50.1. The van der Waals surface area contributed by atoms with Crippen LogP contribution in [0.25, 0.3) is 0 Å². The Bertz CT molecular complexity index is 590. The highest BCUT2D eigenvalue weighted by molar-refractivity contribution is 7.92. The van der Waals surface area contributed by atoms with Gasteiger partial charge in [-0.3, -0.25) is 4.79 Å². The van der Waals surface area contributed by atoms with Gasteiger partial charge in [-0.05, 0) is 25.0 Å². The van der Waals surface area contributed by atoms with Crippen LogP contribution in [0.2, 0.25) is 0 Å². The van der Waals surface area contributed by atoms with Crippen LogP contribution >= 0.6 is 0 Å². The Morgan fingerprint density at radius 3 is 2.42 bits per heavy atom. The van der Waals surface area contributed by atoms with E-state index in [1.807, 2.05) is 0 Å². The van der Waals surface area contributed by atoms with Gasteiger partial charge < -0.3 is 0 Å². The molecule has 6 heteroatoms. The van der Waals surface area contributed by atoms with Gasteiger partial charge in [0.25, 0.3) is 0 Å². The molecule has 0 atom stereocenters. The molecule has 104 valence electrons. The maximum atomic E-state index is 13.4. The number of Topliss-reactive ketones (excluding diaryl/α,β-unsaturated/α-hetero) is 1. The van der Waals surface area contributed by atoms with Gasteiger partial charge in [-0.2, -0.15) is 0 Å². The zero-order valence-corrected chi connectivity index (χ0v) is 11.1. The molecule has 1 aromatic carbocycles. The van der Waals surface area contributed by atoms with E-state index in [0.29, 0.717) is 18.9 Å². The molecule has 0 N–H and O–H groups in total. The number of halogens is 2. The molecule has 3 nitrogen and oxygen atoms in total. The van der Waals surface area contributed by atoms with Crippen LogP contribution in [0.1, 0.15) is 25.7 Å². The lowest BCUT2D eigenvalue weighted by Crippen LogP contribution is -2.22. The zero-order chi connectivity index (χ0) is 14.0. The lowest BCUT2D eigenvalue weighted by molar-refractivity contribution is -0.120. The fourth-order valence-electron chi connectivity index (χ4n) is 2.36. The fourth-order valence-corrected chi connectivity index (χ4v) is 3.76. The molecule has 1 fully saturated rings. The monoisotopic (exact) mass is 288 g/mol. The first-order valence-corrected chi connectivity index (χ1v) is 7.76. The molecule has 1 aromatic rings. The molecule has 0 unspecified atom stereocenters. The van der Waals surface area contributed by atoms with Crippen LogP contribution in [0.15, 0.2) is 23.1 Å². The van der Waals surface area contributed by atoms with Gasteiger partial charge in [0.05, 0.1) is 0 Å².